The van der Waals surface area contributed by atoms with Crippen LogP contribution in [0.15, 0.2) is 12.1 Å². The van der Waals surface area contributed by atoms with E-state index >= 15 is 0 Å². The fourth-order valence-electron chi connectivity index (χ4n) is 1.55. The minimum absolute atomic E-state index is 0.116. The maximum absolute atomic E-state index is 11.9. The number of halogens is 1. The lowest BCUT2D eigenvalue weighted by atomic mass is 10.2. The summed E-state index contributed by atoms with van der Waals surface area (Å²) in [5.74, 6) is -0.242. The van der Waals surface area contributed by atoms with E-state index in [1.807, 2.05) is 13.8 Å². The van der Waals surface area contributed by atoms with Crippen molar-refractivity contribution in [2.24, 2.45) is 0 Å². The van der Waals surface area contributed by atoms with Crippen LogP contribution in [0.4, 0.5) is 5.69 Å². The highest BCUT2D eigenvalue weighted by atomic mass is 35.5. The number of anilines is 1. The quantitative estimate of drug-likeness (QED) is 0.476. The number of carbonyl (C=O) groups is 1. The summed E-state index contributed by atoms with van der Waals surface area (Å²) in [6.45, 7) is 6.54. The molecule has 0 aliphatic rings. The van der Waals surface area contributed by atoms with E-state index in [9.17, 15) is 4.79 Å². The second-order valence-corrected chi connectivity index (χ2v) is 4.78. The second kappa shape index (κ2) is 7.97. The van der Waals surface area contributed by atoms with Gasteiger partial charge in [-0.2, -0.15) is 0 Å². The Morgan fingerprint density at radius 2 is 2.05 bits per heavy atom. The van der Waals surface area contributed by atoms with Crippen molar-refractivity contribution >= 4 is 23.3 Å². The van der Waals surface area contributed by atoms with Crippen molar-refractivity contribution in [1.82, 2.24) is 0 Å². The number of nitrogen functional groups attached to an aromatic ring is 1. The van der Waals surface area contributed by atoms with Gasteiger partial charge in [0.05, 0.1) is 24.3 Å². The number of hydrogen-bond acceptors (Lipinski definition) is 5. The number of carbonyl (C=O) groups excluding carboxylic acids is 1. The van der Waals surface area contributed by atoms with Gasteiger partial charge < -0.3 is 19.9 Å². The van der Waals surface area contributed by atoms with E-state index in [4.69, 9.17) is 31.5 Å². The Kier molecular flexibility index (Phi) is 6.61. The average Bonchev–Trinajstić information content (AvgIpc) is 2.35. The molecule has 0 spiro atoms. The molecule has 1 rings (SSSR count). The number of ether oxygens (including phenoxy) is 3. The molecule has 0 bridgehead atoms. The summed E-state index contributed by atoms with van der Waals surface area (Å²) in [5.41, 5.74) is 6.29. The first-order chi connectivity index (χ1) is 9.45. The molecule has 0 atom stereocenters. The maximum atomic E-state index is 11.9. The molecule has 20 heavy (non-hydrogen) atoms. The van der Waals surface area contributed by atoms with Gasteiger partial charge in [0, 0.05) is 5.69 Å². The van der Waals surface area contributed by atoms with Crippen molar-refractivity contribution in [3.05, 3.63) is 22.7 Å². The minimum atomic E-state index is -0.513. The summed E-state index contributed by atoms with van der Waals surface area (Å²) in [5, 5.41) is 0.276. The first kappa shape index (κ1) is 16.6. The number of rotatable bonds is 7. The molecular formula is C14H20ClNO4. The molecule has 0 radical (unpaired) electrons. The van der Waals surface area contributed by atoms with E-state index in [0.29, 0.717) is 12.3 Å². The van der Waals surface area contributed by atoms with Gasteiger partial charge in [0.2, 0.25) is 0 Å². The molecule has 0 saturated heterocycles. The molecule has 5 nitrogen and oxygen atoms in total. The van der Waals surface area contributed by atoms with Crippen LogP contribution >= 0.6 is 11.6 Å². The van der Waals surface area contributed by atoms with E-state index in [0.717, 1.165) is 0 Å². The third kappa shape index (κ3) is 4.90. The van der Waals surface area contributed by atoms with Crippen LogP contribution in [-0.4, -0.2) is 31.9 Å². The Hall–Kier alpha value is -1.46. The predicted molar refractivity (Wildman–Crippen MR) is 78.4 cm³/mol. The number of esters is 1. The largest absolute Gasteiger partial charge is 0.489 e. The van der Waals surface area contributed by atoms with Crippen molar-refractivity contribution in [3.8, 4) is 5.75 Å². The van der Waals surface area contributed by atoms with Crippen molar-refractivity contribution in [2.75, 3.05) is 25.6 Å². The highest BCUT2D eigenvalue weighted by Gasteiger charge is 2.18. The van der Waals surface area contributed by atoms with Crippen LogP contribution in [0.25, 0.3) is 0 Å². The molecule has 112 valence electrons. The highest BCUT2D eigenvalue weighted by Crippen LogP contribution is 2.32. The first-order valence-electron chi connectivity index (χ1n) is 6.46. The lowest BCUT2D eigenvalue weighted by Crippen LogP contribution is -2.14. The molecule has 0 saturated carbocycles. The fraction of sp³-hybridized carbons (Fsp3) is 0.500. The second-order valence-electron chi connectivity index (χ2n) is 4.37. The molecule has 0 fully saturated rings. The monoisotopic (exact) mass is 301 g/mol. The number of nitrogens with two attached hydrogens (primary N) is 1. The molecule has 0 unspecified atom stereocenters. The lowest BCUT2D eigenvalue weighted by Gasteiger charge is -2.14. The highest BCUT2D eigenvalue weighted by molar-refractivity contribution is 6.33. The van der Waals surface area contributed by atoms with Crippen molar-refractivity contribution in [2.45, 2.75) is 26.9 Å². The van der Waals surface area contributed by atoms with Gasteiger partial charge in [-0.25, -0.2) is 4.79 Å². The third-order valence-corrected chi connectivity index (χ3v) is 2.62. The zero-order chi connectivity index (χ0) is 15.1. The first-order valence-corrected chi connectivity index (χ1v) is 6.84. The van der Waals surface area contributed by atoms with Gasteiger partial charge in [-0.3, -0.25) is 0 Å². The SMILES string of the molecule is CCOC(=O)c1cc(N)cc(Cl)c1OCCOC(C)C. The summed E-state index contributed by atoms with van der Waals surface area (Å²) < 4.78 is 15.9. The molecule has 1 aromatic rings. The Labute approximate surface area is 123 Å². The van der Waals surface area contributed by atoms with Crippen LogP contribution in [0.2, 0.25) is 5.02 Å². The van der Waals surface area contributed by atoms with E-state index in [-0.39, 0.29) is 35.7 Å². The topological polar surface area (TPSA) is 70.8 Å². The Bertz CT molecular complexity index is 463. The van der Waals surface area contributed by atoms with Gasteiger partial charge in [-0.05, 0) is 32.9 Å². The normalized spacial score (nSPS) is 10.7. The van der Waals surface area contributed by atoms with Gasteiger partial charge in [-0.1, -0.05) is 11.6 Å². The van der Waals surface area contributed by atoms with Crippen LogP contribution in [-0.2, 0) is 9.47 Å². The Balaban J connectivity index is 2.84. The van der Waals surface area contributed by atoms with Gasteiger partial charge in [-0.15, -0.1) is 0 Å². The Morgan fingerprint density at radius 1 is 1.35 bits per heavy atom. The molecule has 0 heterocycles. The Morgan fingerprint density at radius 3 is 2.65 bits per heavy atom. The van der Waals surface area contributed by atoms with Crippen molar-refractivity contribution < 1.29 is 19.0 Å². The van der Waals surface area contributed by atoms with Gasteiger partial charge in [0.1, 0.15) is 12.2 Å². The summed E-state index contributed by atoms with van der Waals surface area (Å²) in [7, 11) is 0. The zero-order valence-electron chi connectivity index (χ0n) is 11.9. The summed E-state index contributed by atoms with van der Waals surface area (Å²) in [6, 6.07) is 3.02. The molecule has 6 heteroatoms. The third-order valence-electron chi connectivity index (χ3n) is 2.34. The van der Waals surface area contributed by atoms with Gasteiger partial charge >= 0.3 is 5.97 Å². The van der Waals surface area contributed by atoms with E-state index in [1.165, 1.54) is 12.1 Å². The number of benzene rings is 1. The zero-order valence-corrected chi connectivity index (χ0v) is 12.7. The molecular weight excluding hydrogens is 282 g/mol. The van der Waals surface area contributed by atoms with Gasteiger partial charge in [0.25, 0.3) is 0 Å². The molecule has 0 aliphatic carbocycles. The van der Waals surface area contributed by atoms with Crippen LogP contribution in [0.3, 0.4) is 0 Å². The van der Waals surface area contributed by atoms with Crippen LogP contribution in [0.1, 0.15) is 31.1 Å². The predicted octanol–water partition coefficient (Wildman–Crippen LogP) is 2.90. The van der Waals surface area contributed by atoms with Crippen molar-refractivity contribution in [3.63, 3.8) is 0 Å². The molecule has 0 aromatic heterocycles. The molecule has 1 aromatic carbocycles. The number of hydrogen-bond donors (Lipinski definition) is 1. The minimum Gasteiger partial charge on any atom is -0.489 e. The molecule has 0 amide bonds. The average molecular weight is 302 g/mol. The van der Waals surface area contributed by atoms with Crippen LogP contribution in [0.5, 0.6) is 5.75 Å². The molecule has 0 aliphatic heterocycles. The summed E-state index contributed by atoms with van der Waals surface area (Å²) in [4.78, 5) is 11.9. The standard InChI is InChI=1S/C14H20ClNO4/c1-4-18-14(17)11-7-10(16)8-12(15)13(11)20-6-5-19-9(2)3/h7-9H,4-6,16H2,1-3H3. The lowest BCUT2D eigenvalue weighted by molar-refractivity contribution is 0.0487. The fourth-order valence-corrected chi connectivity index (χ4v) is 1.83. The van der Waals surface area contributed by atoms with Gasteiger partial charge in [0.15, 0.2) is 5.75 Å². The molecule has 2 N–H and O–H groups in total. The van der Waals surface area contributed by atoms with E-state index in [1.54, 1.807) is 6.92 Å². The van der Waals surface area contributed by atoms with Crippen LogP contribution < -0.4 is 10.5 Å². The smallest absolute Gasteiger partial charge is 0.342 e. The van der Waals surface area contributed by atoms with Crippen molar-refractivity contribution in [1.29, 1.82) is 0 Å². The summed E-state index contributed by atoms with van der Waals surface area (Å²) >= 11 is 6.07. The van der Waals surface area contributed by atoms with E-state index in [2.05, 4.69) is 0 Å². The summed E-state index contributed by atoms with van der Waals surface area (Å²) in [6.07, 6.45) is 0.116. The van der Waals surface area contributed by atoms with Crippen LogP contribution in [0, 0.1) is 0 Å². The maximum Gasteiger partial charge on any atom is 0.342 e. The van der Waals surface area contributed by atoms with E-state index < -0.39 is 5.97 Å².